The molecule has 1 amide bonds. The molecular formula is C19H16Cl2N2O3. The van der Waals surface area contributed by atoms with E-state index in [1.807, 2.05) is 6.07 Å². The number of nitrogens with zero attached hydrogens (tertiary/aromatic N) is 1. The van der Waals surface area contributed by atoms with Crippen molar-refractivity contribution >= 4 is 35.2 Å². The number of amides is 1. The van der Waals surface area contributed by atoms with Crippen LogP contribution < -0.4 is 5.32 Å². The third kappa shape index (κ3) is 4.47. The number of carbonyl (C=O) groups is 1. The number of ether oxygens (including phenoxy) is 1. The highest BCUT2D eigenvalue weighted by Gasteiger charge is 2.18. The SMILES string of the molecule is N#C/C(=C/c1ccc(-c2ccc(Cl)cc2Cl)o1)C(=O)NC[C@H]1CCCO1. The zero-order chi connectivity index (χ0) is 18.5. The van der Waals surface area contributed by atoms with Crippen LogP contribution in [0, 0.1) is 11.3 Å². The van der Waals surface area contributed by atoms with E-state index in [2.05, 4.69) is 5.32 Å². The molecule has 1 aromatic heterocycles. The van der Waals surface area contributed by atoms with Crippen molar-refractivity contribution in [2.75, 3.05) is 13.2 Å². The van der Waals surface area contributed by atoms with Crippen LogP contribution in [0.5, 0.6) is 0 Å². The minimum Gasteiger partial charge on any atom is -0.457 e. The Labute approximate surface area is 161 Å². The maximum absolute atomic E-state index is 12.2. The van der Waals surface area contributed by atoms with Gasteiger partial charge in [-0.25, -0.2) is 0 Å². The van der Waals surface area contributed by atoms with Crippen molar-refractivity contribution in [1.29, 1.82) is 5.26 Å². The summed E-state index contributed by atoms with van der Waals surface area (Å²) in [7, 11) is 0. The van der Waals surface area contributed by atoms with Crippen LogP contribution >= 0.6 is 23.2 Å². The third-order valence-corrected chi connectivity index (χ3v) is 4.54. The molecule has 2 heterocycles. The molecule has 0 aliphatic carbocycles. The second kappa shape index (κ2) is 8.41. The van der Waals surface area contributed by atoms with Gasteiger partial charge in [-0.15, -0.1) is 0 Å². The predicted molar refractivity (Wildman–Crippen MR) is 99.7 cm³/mol. The van der Waals surface area contributed by atoms with Gasteiger partial charge in [0, 0.05) is 29.8 Å². The van der Waals surface area contributed by atoms with Crippen molar-refractivity contribution in [2.45, 2.75) is 18.9 Å². The average Bonchev–Trinajstić information content (AvgIpc) is 3.29. The number of benzene rings is 1. The molecule has 1 aliphatic rings. The molecule has 1 saturated heterocycles. The van der Waals surface area contributed by atoms with Crippen LogP contribution in [0.1, 0.15) is 18.6 Å². The minimum absolute atomic E-state index is 0.0150. The van der Waals surface area contributed by atoms with Crippen molar-refractivity contribution in [3.8, 4) is 17.4 Å². The molecule has 1 fully saturated rings. The van der Waals surface area contributed by atoms with Crippen LogP contribution in [0.15, 0.2) is 40.3 Å². The van der Waals surface area contributed by atoms with E-state index in [0.717, 1.165) is 12.8 Å². The van der Waals surface area contributed by atoms with Crippen LogP contribution in [0.3, 0.4) is 0 Å². The Morgan fingerprint density at radius 3 is 2.88 bits per heavy atom. The van der Waals surface area contributed by atoms with Gasteiger partial charge in [-0.2, -0.15) is 5.26 Å². The number of hydrogen-bond donors (Lipinski definition) is 1. The largest absolute Gasteiger partial charge is 0.457 e. The van der Waals surface area contributed by atoms with E-state index in [-0.39, 0.29) is 11.7 Å². The van der Waals surface area contributed by atoms with Gasteiger partial charge < -0.3 is 14.5 Å². The fraction of sp³-hybridized carbons (Fsp3) is 0.263. The predicted octanol–water partition coefficient (Wildman–Crippen LogP) is 4.46. The maximum Gasteiger partial charge on any atom is 0.262 e. The van der Waals surface area contributed by atoms with Gasteiger partial charge in [0.25, 0.3) is 5.91 Å². The number of carbonyl (C=O) groups excluding carboxylic acids is 1. The van der Waals surface area contributed by atoms with Gasteiger partial charge in [0.1, 0.15) is 23.2 Å². The maximum atomic E-state index is 12.2. The monoisotopic (exact) mass is 390 g/mol. The van der Waals surface area contributed by atoms with E-state index in [1.165, 1.54) is 6.08 Å². The van der Waals surface area contributed by atoms with Gasteiger partial charge in [-0.3, -0.25) is 4.79 Å². The van der Waals surface area contributed by atoms with E-state index in [9.17, 15) is 10.1 Å². The molecule has 1 N–H and O–H groups in total. The molecule has 0 unspecified atom stereocenters. The summed E-state index contributed by atoms with van der Waals surface area (Å²) in [6, 6.07) is 10.4. The Bertz CT molecular complexity index is 877. The van der Waals surface area contributed by atoms with Gasteiger partial charge in [0.15, 0.2) is 0 Å². The first-order valence-electron chi connectivity index (χ1n) is 8.13. The summed E-state index contributed by atoms with van der Waals surface area (Å²) in [4.78, 5) is 12.2. The zero-order valence-corrected chi connectivity index (χ0v) is 15.3. The number of furan rings is 1. The van der Waals surface area contributed by atoms with Crippen molar-refractivity contribution in [3.05, 3.63) is 51.7 Å². The topological polar surface area (TPSA) is 75.3 Å². The number of nitriles is 1. The summed E-state index contributed by atoms with van der Waals surface area (Å²) in [5.41, 5.74) is 0.642. The molecule has 134 valence electrons. The van der Waals surface area contributed by atoms with E-state index in [4.69, 9.17) is 32.4 Å². The van der Waals surface area contributed by atoms with Crippen molar-refractivity contribution in [2.24, 2.45) is 0 Å². The summed E-state index contributed by atoms with van der Waals surface area (Å²) in [5.74, 6) is 0.454. The lowest BCUT2D eigenvalue weighted by atomic mass is 10.2. The molecule has 2 aromatic rings. The molecule has 3 rings (SSSR count). The Balaban J connectivity index is 1.72. The van der Waals surface area contributed by atoms with E-state index in [1.54, 1.807) is 30.3 Å². The number of nitrogens with one attached hydrogen (secondary N) is 1. The van der Waals surface area contributed by atoms with Gasteiger partial charge in [-0.1, -0.05) is 23.2 Å². The Morgan fingerprint density at radius 2 is 2.19 bits per heavy atom. The van der Waals surface area contributed by atoms with Crippen molar-refractivity contribution < 1.29 is 13.9 Å². The minimum atomic E-state index is -0.453. The van der Waals surface area contributed by atoms with Crippen LogP contribution in [0.2, 0.25) is 10.0 Å². The normalized spacial score (nSPS) is 17.1. The van der Waals surface area contributed by atoms with Gasteiger partial charge in [0.05, 0.1) is 11.1 Å². The number of hydrogen-bond acceptors (Lipinski definition) is 4. The first kappa shape index (κ1) is 18.5. The molecule has 1 aliphatic heterocycles. The van der Waals surface area contributed by atoms with Crippen LogP contribution in [-0.4, -0.2) is 25.2 Å². The zero-order valence-electron chi connectivity index (χ0n) is 13.8. The molecule has 0 radical (unpaired) electrons. The Kier molecular flexibility index (Phi) is 6.00. The fourth-order valence-electron chi connectivity index (χ4n) is 2.66. The number of rotatable bonds is 5. The Morgan fingerprint density at radius 1 is 1.35 bits per heavy atom. The van der Waals surface area contributed by atoms with Gasteiger partial charge in [-0.05, 0) is 43.2 Å². The lowest BCUT2D eigenvalue weighted by Gasteiger charge is -2.09. The van der Waals surface area contributed by atoms with Gasteiger partial charge in [0.2, 0.25) is 0 Å². The van der Waals surface area contributed by atoms with Crippen molar-refractivity contribution in [3.63, 3.8) is 0 Å². The Hall–Kier alpha value is -2.26. The van der Waals surface area contributed by atoms with E-state index >= 15 is 0 Å². The molecular weight excluding hydrogens is 375 g/mol. The van der Waals surface area contributed by atoms with Gasteiger partial charge >= 0.3 is 0 Å². The molecule has 7 heteroatoms. The highest BCUT2D eigenvalue weighted by Crippen LogP contribution is 2.31. The quantitative estimate of drug-likeness (QED) is 0.603. The number of halogens is 2. The highest BCUT2D eigenvalue weighted by atomic mass is 35.5. The standard InChI is InChI=1S/C19H16Cl2N2O3/c20-13-3-5-16(17(21)9-13)18-6-4-14(26-18)8-12(10-22)19(24)23-11-15-2-1-7-25-15/h3-6,8-9,15H,1-2,7,11H2,(H,23,24)/b12-8-/t15-/m1/s1. The lowest BCUT2D eigenvalue weighted by molar-refractivity contribution is -0.117. The molecule has 1 atom stereocenters. The van der Waals surface area contributed by atoms with E-state index < -0.39 is 5.91 Å². The molecule has 0 saturated carbocycles. The summed E-state index contributed by atoms with van der Waals surface area (Å²) < 4.78 is 11.1. The van der Waals surface area contributed by atoms with Crippen LogP contribution in [-0.2, 0) is 9.53 Å². The first-order valence-corrected chi connectivity index (χ1v) is 8.89. The van der Waals surface area contributed by atoms with Crippen LogP contribution in [0.25, 0.3) is 17.4 Å². The first-order chi connectivity index (χ1) is 12.6. The average molecular weight is 391 g/mol. The smallest absolute Gasteiger partial charge is 0.262 e. The molecule has 5 nitrogen and oxygen atoms in total. The lowest BCUT2D eigenvalue weighted by Crippen LogP contribution is -2.32. The summed E-state index contributed by atoms with van der Waals surface area (Å²) in [6.07, 6.45) is 3.32. The molecule has 0 bridgehead atoms. The summed E-state index contributed by atoms with van der Waals surface area (Å²) in [6.45, 7) is 1.10. The molecule has 1 aromatic carbocycles. The summed E-state index contributed by atoms with van der Waals surface area (Å²) in [5, 5.41) is 13.0. The summed E-state index contributed by atoms with van der Waals surface area (Å²) >= 11 is 12.1. The van der Waals surface area contributed by atoms with E-state index in [0.29, 0.717) is 40.3 Å². The van der Waals surface area contributed by atoms with Crippen molar-refractivity contribution in [1.82, 2.24) is 5.32 Å². The third-order valence-electron chi connectivity index (χ3n) is 3.99. The second-order valence-electron chi connectivity index (χ2n) is 5.84. The molecule has 26 heavy (non-hydrogen) atoms. The fourth-order valence-corrected chi connectivity index (χ4v) is 3.16. The van der Waals surface area contributed by atoms with Crippen LogP contribution in [0.4, 0.5) is 0 Å². The molecule has 0 spiro atoms. The second-order valence-corrected chi connectivity index (χ2v) is 6.68. The highest BCUT2D eigenvalue weighted by molar-refractivity contribution is 6.36.